The number of rotatable bonds is 7. The number of hydrogen-bond acceptors (Lipinski definition) is 9. The van der Waals surface area contributed by atoms with Gasteiger partial charge >= 0.3 is 0 Å². The van der Waals surface area contributed by atoms with Gasteiger partial charge in [0.15, 0.2) is 5.82 Å². The Labute approximate surface area is 295 Å². The summed E-state index contributed by atoms with van der Waals surface area (Å²) < 4.78 is 7.03. The molecule has 3 N–H and O–H groups in total. The van der Waals surface area contributed by atoms with Crippen LogP contribution in [0.4, 0.5) is 0 Å². The molecule has 52 heavy (non-hydrogen) atoms. The van der Waals surface area contributed by atoms with E-state index < -0.39 is 11.3 Å². The average molecular weight is 678 g/mol. The van der Waals surface area contributed by atoms with Crippen molar-refractivity contribution < 1.29 is 4.42 Å². The summed E-state index contributed by atoms with van der Waals surface area (Å²) in [6, 6.07) is 32.1. The third-order valence-electron chi connectivity index (χ3n) is 9.70. The van der Waals surface area contributed by atoms with E-state index in [0.717, 1.165) is 38.8 Å². The Kier molecular flexibility index (Phi) is 6.77. The van der Waals surface area contributed by atoms with Crippen LogP contribution in [0.3, 0.4) is 0 Å². The van der Waals surface area contributed by atoms with Crippen LogP contribution in [0.1, 0.15) is 46.1 Å². The van der Waals surface area contributed by atoms with E-state index >= 15 is 0 Å². The minimum atomic E-state index is -1.22. The molecule has 1 aliphatic carbocycles. The molecule has 7 heterocycles. The molecule has 0 bridgehead atoms. The van der Waals surface area contributed by atoms with Crippen LogP contribution in [0.25, 0.3) is 44.2 Å². The largest absolute Gasteiger partial charge is 0.460 e. The lowest BCUT2D eigenvalue weighted by Gasteiger charge is -2.45. The predicted molar refractivity (Wildman–Crippen MR) is 195 cm³/mol. The molecule has 0 radical (unpaired) electrons. The van der Waals surface area contributed by atoms with Crippen molar-refractivity contribution in [2.45, 2.75) is 11.3 Å². The topological polar surface area (TPSA) is 164 Å². The van der Waals surface area contributed by atoms with Gasteiger partial charge in [-0.3, -0.25) is 15.0 Å². The summed E-state index contributed by atoms with van der Waals surface area (Å²) in [4.78, 5) is 31.7. The molecule has 9 aromatic rings. The lowest BCUT2D eigenvalue weighted by Crippen LogP contribution is -2.41. The van der Waals surface area contributed by atoms with Gasteiger partial charge in [-0.05, 0) is 65.2 Å². The maximum Gasteiger partial charge on any atom is 0.202 e. The molecule has 12 nitrogen and oxygen atoms in total. The van der Waals surface area contributed by atoms with Gasteiger partial charge < -0.3 is 14.4 Å². The number of tetrazole rings is 1. The molecule has 0 fully saturated rings. The van der Waals surface area contributed by atoms with Crippen LogP contribution < -0.4 is 0 Å². The Hall–Kier alpha value is -7.34. The maximum absolute atomic E-state index is 7.03. The number of aromatic nitrogens is 11. The number of nitrogens with zero attached hydrogens (tertiary/aromatic N) is 8. The molecule has 248 valence electrons. The van der Waals surface area contributed by atoms with Gasteiger partial charge in [0.1, 0.15) is 16.8 Å². The van der Waals surface area contributed by atoms with Gasteiger partial charge in [-0.15, -0.1) is 10.2 Å². The molecular formula is C40H27N11O. The average Bonchev–Trinajstić information content (AvgIpc) is 4.05. The van der Waals surface area contributed by atoms with Crippen molar-refractivity contribution in [1.29, 1.82) is 0 Å². The van der Waals surface area contributed by atoms with E-state index in [9.17, 15) is 0 Å². The van der Waals surface area contributed by atoms with Gasteiger partial charge in [-0.2, -0.15) is 5.21 Å². The summed E-state index contributed by atoms with van der Waals surface area (Å²) in [7, 11) is 0. The van der Waals surface area contributed by atoms with Gasteiger partial charge in [0.25, 0.3) is 0 Å². The number of hydrogen-bond donors (Lipinski definition) is 3. The third-order valence-corrected chi connectivity index (χ3v) is 9.70. The maximum atomic E-state index is 7.03. The molecule has 0 aliphatic heterocycles. The van der Waals surface area contributed by atoms with Crippen LogP contribution in [0.15, 0.2) is 145 Å². The van der Waals surface area contributed by atoms with Crippen LogP contribution in [-0.2, 0) is 5.41 Å². The van der Waals surface area contributed by atoms with Crippen LogP contribution in [-0.4, -0.2) is 55.5 Å². The first kappa shape index (κ1) is 29.6. The second-order valence-corrected chi connectivity index (χ2v) is 12.4. The number of nitrogens with one attached hydrogen (secondary N) is 3. The van der Waals surface area contributed by atoms with Crippen molar-refractivity contribution in [2.75, 3.05) is 0 Å². The number of pyridine rings is 1. The first-order valence-corrected chi connectivity index (χ1v) is 16.7. The zero-order valence-corrected chi connectivity index (χ0v) is 27.3. The molecule has 12 heteroatoms. The molecule has 7 aromatic heterocycles. The zero-order valence-electron chi connectivity index (χ0n) is 27.3. The fraction of sp³-hybridized carbons (Fsp3) is 0.0500. The zero-order chi connectivity index (χ0) is 34.5. The van der Waals surface area contributed by atoms with Crippen LogP contribution in [0, 0.1) is 0 Å². The molecule has 1 aliphatic rings. The second-order valence-electron chi connectivity index (χ2n) is 12.4. The number of para-hydroxylation sites is 2. The number of benzene rings is 2. The molecule has 0 saturated carbocycles. The number of aromatic amines is 3. The smallest absolute Gasteiger partial charge is 0.202 e. The van der Waals surface area contributed by atoms with Crippen molar-refractivity contribution in [2.24, 2.45) is 0 Å². The SMILES string of the molecule is c1ccc(C2=C(c3nn[nH]n3)C(c3ccc[nH]3)(c3cc4ccccc4o3)C(c3cc4ccccc4[nH]3)C(c3cnccn3)=C2c2ncccn2)nc1. The molecule has 2 aromatic carbocycles. The highest BCUT2D eigenvalue weighted by atomic mass is 16.3. The van der Waals surface area contributed by atoms with E-state index in [1.54, 1.807) is 43.2 Å². The number of H-pyrrole nitrogens is 3. The summed E-state index contributed by atoms with van der Waals surface area (Å²) in [5, 5.41) is 18.2. The minimum absolute atomic E-state index is 0.350. The summed E-state index contributed by atoms with van der Waals surface area (Å²) >= 11 is 0. The highest BCUT2D eigenvalue weighted by Crippen LogP contribution is 2.65. The quantitative estimate of drug-likeness (QED) is 0.161. The predicted octanol–water partition coefficient (Wildman–Crippen LogP) is 7.04. The fourth-order valence-corrected chi connectivity index (χ4v) is 7.74. The van der Waals surface area contributed by atoms with Gasteiger partial charge in [0, 0.05) is 87.7 Å². The fourth-order valence-electron chi connectivity index (χ4n) is 7.74. The van der Waals surface area contributed by atoms with Gasteiger partial charge in [-0.1, -0.05) is 42.5 Å². The van der Waals surface area contributed by atoms with Gasteiger partial charge in [0.2, 0.25) is 5.82 Å². The van der Waals surface area contributed by atoms with Crippen molar-refractivity contribution in [1.82, 2.24) is 55.5 Å². The minimum Gasteiger partial charge on any atom is -0.460 e. The summed E-state index contributed by atoms with van der Waals surface area (Å²) in [6.07, 6.45) is 12.3. The molecule has 0 saturated heterocycles. The van der Waals surface area contributed by atoms with Gasteiger partial charge in [0.05, 0.1) is 17.6 Å². The third kappa shape index (κ3) is 4.47. The highest BCUT2D eigenvalue weighted by molar-refractivity contribution is 6.25. The molecule has 2 unspecified atom stereocenters. The van der Waals surface area contributed by atoms with E-state index in [0.29, 0.717) is 45.5 Å². The Morgan fingerprint density at radius 3 is 2.25 bits per heavy atom. The first-order valence-electron chi connectivity index (χ1n) is 16.7. The van der Waals surface area contributed by atoms with Crippen molar-refractivity contribution >= 4 is 44.2 Å². The Morgan fingerprint density at radius 2 is 1.50 bits per heavy atom. The Bertz CT molecular complexity index is 2670. The van der Waals surface area contributed by atoms with Crippen molar-refractivity contribution in [3.8, 4) is 0 Å². The van der Waals surface area contributed by atoms with Crippen LogP contribution >= 0.6 is 0 Å². The van der Waals surface area contributed by atoms with Gasteiger partial charge in [-0.25, -0.2) is 9.97 Å². The monoisotopic (exact) mass is 677 g/mol. The van der Waals surface area contributed by atoms with Crippen molar-refractivity contribution in [3.63, 3.8) is 0 Å². The summed E-state index contributed by atoms with van der Waals surface area (Å²) in [5.74, 6) is 0.858. The van der Waals surface area contributed by atoms with E-state index in [-0.39, 0.29) is 0 Å². The Morgan fingerprint density at radius 1 is 0.673 bits per heavy atom. The standard InChI is InChI=1S/C40H27N11O/c1-3-11-26-24(9-1)21-28(47-26)36-34(29-23-41-19-20-43-29)35(38-45-17-8-18-46-38)33(27-12-5-6-15-42-27)37(39-48-50-51-49-39)40(36,31-14-7-16-44-31)32-22-25-10-2-4-13-30(25)52-32/h1-23,36,44,47H,(H,48,49,50,51). The van der Waals surface area contributed by atoms with E-state index in [1.807, 2.05) is 66.9 Å². The van der Waals surface area contributed by atoms with Crippen LogP contribution in [0.2, 0.25) is 0 Å². The highest BCUT2D eigenvalue weighted by Gasteiger charge is 2.58. The number of allylic oxidation sites excluding steroid dienone is 4. The van der Waals surface area contributed by atoms with E-state index in [2.05, 4.69) is 60.8 Å². The van der Waals surface area contributed by atoms with Crippen molar-refractivity contribution in [3.05, 3.63) is 181 Å². The summed E-state index contributed by atoms with van der Waals surface area (Å²) in [6.45, 7) is 0. The second kappa shape index (κ2) is 11.9. The molecule has 2 atom stereocenters. The number of furan rings is 1. The molecule has 0 amide bonds. The Balaban J connectivity index is 1.50. The normalized spacial score (nSPS) is 17.7. The summed E-state index contributed by atoms with van der Waals surface area (Å²) in [5.41, 5.74) is 6.32. The lowest BCUT2D eigenvalue weighted by molar-refractivity contribution is 0.436. The van der Waals surface area contributed by atoms with E-state index in [1.165, 1.54) is 0 Å². The molecule has 10 rings (SSSR count). The van der Waals surface area contributed by atoms with Crippen LogP contribution in [0.5, 0.6) is 0 Å². The number of fused-ring (bicyclic) bond motifs is 2. The molecule has 0 spiro atoms. The first-order chi connectivity index (χ1) is 25.8. The lowest BCUT2D eigenvalue weighted by atomic mass is 9.56. The van der Waals surface area contributed by atoms with E-state index in [4.69, 9.17) is 29.5 Å². The molecular weight excluding hydrogens is 651 g/mol.